The predicted molar refractivity (Wildman–Crippen MR) is 103 cm³/mol. The quantitative estimate of drug-likeness (QED) is 0.547. The standard InChI is InChI=1S/C18H26N2O4SSi/c1-24-18(21)16-9-10-20(25(22,23)11-12-26(2,3)4)17(16)15-7-5-14(13-19)6-8-15/h5-8,16-17H,9-12H2,1-4H3/t16-,17+/m0/s1. The molecule has 0 bridgehead atoms. The molecule has 1 aliphatic heterocycles. The van der Waals surface area contributed by atoms with Gasteiger partial charge in [-0.25, -0.2) is 8.42 Å². The van der Waals surface area contributed by atoms with Crippen LogP contribution in [0.4, 0.5) is 0 Å². The van der Waals surface area contributed by atoms with Crippen LogP contribution in [0.15, 0.2) is 24.3 Å². The molecule has 1 aromatic rings. The van der Waals surface area contributed by atoms with Crippen molar-refractivity contribution in [2.24, 2.45) is 5.92 Å². The minimum atomic E-state index is -3.49. The van der Waals surface area contributed by atoms with Crippen LogP contribution in [-0.4, -0.2) is 46.2 Å². The van der Waals surface area contributed by atoms with Gasteiger partial charge in [-0.1, -0.05) is 31.8 Å². The monoisotopic (exact) mass is 394 g/mol. The Balaban J connectivity index is 2.37. The molecule has 0 radical (unpaired) electrons. The summed E-state index contributed by atoms with van der Waals surface area (Å²) in [5.41, 5.74) is 1.21. The van der Waals surface area contributed by atoms with Crippen LogP contribution in [-0.2, 0) is 19.6 Å². The lowest BCUT2D eigenvalue weighted by Gasteiger charge is -2.28. The number of benzene rings is 1. The lowest BCUT2D eigenvalue weighted by molar-refractivity contribution is -0.146. The molecule has 8 heteroatoms. The lowest BCUT2D eigenvalue weighted by Crippen LogP contribution is -2.37. The summed E-state index contributed by atoms with van der Waals surface area (Å²) in [6.45, 7) is 6.73. The van der Waals surface area contributed by atoms with Crippen LogP contribution < -0.4 is 0 Å². The number of ether oxygens (including phenoxy) is 1. The van der Waals surface area contributed by atoms with Gasteiger partial charge >= 0.3 is 5.97 Å². The van der Waals surface area contributed by atoms with Gasteiger partial charge < -0.3 is 4.74 Å². The molecule has 1 aromatic carbocycles. The molecule has 26 heavy (non-hydrogen) atoms. The van der Waals surface area contributed by atoms with E-state index in [0.29, 0.717) is 30.1 Å². The Bertz CT molecular complexity index is 794. The molecule has 1 saturated heterocycles. The van der Waals surface area contributed by atoms with Crippen LogP contribution >= 0.6 is 0 Å². The third kappa shape index (κ3) is 4.72. The second kappa shape index (κ2) is 7.90. The zero-order valence-corrected chi connectivity index (χ0v) is 17.5. The van der Waals surface area contributed by atoms with Crippen LogP contribution in [0.2, 0.25) is 25.7 Å². The van der Waals surface area contributed by atoms with E-state index >= 15 is 0 Å². The molecular weight excluding hydrogens is 368 g/mol. The average molecular weight is 395 g/mol. The SMILES string of the molecule is COC(=O)[C@H]1CCN(S(=O)(=O)CC[Si](C)(C)C)[C@@H]1c1ccc(C#N)cc1. The first-order valence-corrected chi connectivity index (χ1v) is 14.0. The highest BCUT2D eigenvalue weighted by Crippen LogP contribution is 2.40. The minimum absolute atomic E-state index is 0.101. The summed E-state index contributed by atoms with van der Waals surface area (Å²) in [7, 11) is -3.68. The molecule has 1 heterocycles. The number of sulfonamides is 1. The summed E-state index contributed by atoms with van der Waals surface area (Å²) in [5, 5.41) is 8.97. The van der Waals surface area contributed by atoms with Crippen molar-refractivity contribution in [3.63, 3.8) is 0 Å². The molecule has 142 valence electrons. The summed E-state index contributed by atoms with van der Waals surface area (Å²) in [5.74, 6) is -0.833. The van der Waals surface area contributed by atoms with Crippen molar-refractivity contribution < 1.29 is 17.9 Å². The topological polar surface area (TPSA) is 87.5 Å². The van der Waals surface area contributed by atoms with Crippen LogP contribution in [0.25, 0.3) is 0 Å². The average Bonchev–Trinajstić information content (AvgIpc) is 3.05. The molecule has 0 aliphatic carbocycles. The first-order valence-electron chi connectivity index (χ1n) is 8.66. The van der Waals surface area contributed by atoms with E-state index in [2.05, 4.69) is 19.6 Å². The molecular formula is C18H26N2O4SSi. The van der Waals surface area contributed by atoms with E-state index in [1.54, 1.807) is 24.3 Å². The predicted octanol–water partition coefficient (Wildman–Crippen LogP) is 2.76. The molecule has 1 fully saturated rings. The maximum Gasteiger partial charge on any atom is 0.310 e. The van der Waals surface area contributed by atoms with Crippen LogP contribution in [0.3, 0.4) is 0 Å². The van der Waals surface area contributed by atoms with Gasteiger partial charge in [-0.15, -0.1) is 0 Å². The van der Waals surface area contributed by atoms with Crippen molar-refractivity contribution in [3.8, 4) is 6.07 Å². The summed E-state index contributed by atoms with van der Waals surface area (Å²) in [6.07, 6.45) is 0.434. The third-order valence-electron chi connectivity index (χ3n) is 4.70. The van der Waals surface area contributed by atoms with E-state index in [9.17, 15) is 13.2 Å². The van der Waals surface area contributed by atoms with Gasteiger partial charge in [-0.3, -0.25) is 4.79 Å². The summed E-state index contributed by atoms with van der Waals surface area (Å²) in [6, 6.07) is 8.89. The molecule has 0 saturated carbocycles. The zero-order valence-electron chi connectivity index (χ0n) is 15.7. The molecule has 0 unspecified atom stereocenters. The maximum absolute atomic E-state index is 13.0. The van der Waals surface area contributed by atoms with Gasteiger partial charge in [0.15, 0.2) is 0 Å². The smallest absolute Gasteiger partial charge is 0.310 e. The van der Waals surface area contributed by atoms with Gasteiger partial charge in [-0.2, -0.15) is 9.57 Å². The van der Waals surface area contributed by atoms with Gasteiger partial charge in [-0.05, 0) is 30.2 Å². The van der Waals surface area contributed by atoms with Crippen LogP contribution in [0.1, 0.15) is 23.6 Å². The fourth-order valence-corrected chi connectivity index (χ4v) is 7.89. The van der Waals surface area contributed by atoms with Crippen molar-refractivity contribution in [2.75, 3.05) is 19.4 Å². The van der Waals surface area contributed by atoms with E-state index in [-0.39, 0.29) is 5.75 Å². The molecule has 6 nitrogen and oxygen atoms in total. The van der Waals surface area contributed by atoms with Gasteiger partial charge in [0, 0.05) is 14.6 Å². The Morgan fingerprint density at radius 1 is 1.31 bits per heavy atom. The molecule has 0 amide bonds. The van der Waals surface area contributed by atoms with Gasteiger partial charge in [0.05, 0.1) is 36.5 Å². The summed E-state index contributed by atoms with van der Waals surface area (Å²) >= 11 is 0. The first-order chi connectivity index (χ1) is 12.1. The fourth-order valence-electron chi connectivity index (χ4n) is 3.18. The molecule has 0 spiro atoms. The number of hydrogen-bond acceptors (Lipinski definition) is 5. The number of rotatable bonds is 6. The number of nitriles is 1. The fraction of sp³-hybridized carbons (Fsp3) is 0.556. The highest BCUT2D eigenvalue weighted by Gasteiger charge is 2.45. The second-order valence-electron chi connectivity index (χ2n) is 7.83. The van der Waals surface area contributed by atoms with E-state index in [0.717, 1.165) is 0 Å². The number of carbonyl (C=O) groups excluding carboxylic acids is 1. The minimum Gasteiger partial charge on any atom is -0.469 e. The molecule has 2 atom stereocenters. The van der Waals surface area contributed by atoms with Crippen molar-refractivity contribution in [1.82, 2.24) is 4.31 Å². The zero-order chi connectivity index (χ0) is 19.5. The van der Waals surface area contributed by atoms with Crippen LogP contribution in [0, 0.1) is 17.2 Å². The Morgan fingerprint density at radius 3 is 2.42 bits per heavy atom. The largest absolute Gasteiger partial charge is 0.469 e. The number of nitrogens with zero attached hydrogens (tertiary/aromatic N) is 2. The lowest BCUT2D eigenvalue weighted by atomic mass is 9.94. The number of hydrogen-bond donors (Lipinski definition) is 0. The molecule has 2 rings (SSSR count). The first kappa shape index (κ1) is 20.6. The normalized spacial score (nSPS) is 21.3. The highest BCUT2D eigenvalue weighted by atomic mass is 32.2. The second-order valence-corrected chi connectivity index (χ2v) is 15.5. The Morgan fingerprint density at radius 2 is 1.92 bits per heavy atom. The van der Waals surface area contributed by atoms with E-state index in [4.69, 9.17) is 10.00 Å². The summed E-state index contributed by atoms with van der Waals surface area (Å²) < 4.78 is 32.3. The highest BCUT2D eigenvalue weighted by molar-refractivity contribution is 7.89. The van der Waals surface area contributed by atoms with Crippen molar-refractivity contribution in [3.05, 3.63) is 35.4 Å². The molecule has 0 aromatic heterocycles. The van der Waals surface area contributed by atoms with E-state index in [1.807, 2.05) is 6.07 Å². The van der Waals surface area contributed by atoms with Crippen molar-refractivity contribution >= 4 is 24.1 Å². The van der Waals surface area contributed by atoms with E-state index in [1.165, 1.54) is 11.4 Å². The summed E-state index contributed by atoms with van der Waals surface area (Å²) in [4.78, 5) is 12.2. The molecule has 0 N–H and O–H groups in total. The Kier molecular flexibility index (Phi) is 6.27. The number of carbonyl (C=O) groups is 1. The van der Waals surface area contributed by atoms with Gasteiger partial charge in [0.1, 0.15) is 0 Å². The van der Waals surface area contributed by atoms with Crippen LogP contribution in [0.5, 0.6) is 0 Å². The Labute approximate surface area is 156 Å². The maximum atomic E-state index is 13.0. The van der Waals surface area contributed by atoms with Gasteiger partial charge in [0.25, 0.3) is 0 Å². The van der Waals surface area contributed by atoms with Crippen molar-refractivity contribution in [2.45, 2.75) is 38.1 Å². The Hall–Kier alpha value is -1.69. The number of esters is 1. The van der Waals surface area contributed by atoms with Gasteiger partial charge in [0.2, 0.25) is 10.0 Å². The number of methoxy groups -OCH3 is 1. The molecule has 1 aliphatic rings. The van der Waals surface area contributed by atoms with E-state index < -0.39 is 36.0 Å². The third-order valence-corrected chi connectivity index (χ3v) is 8.66. The van der Waals surface area contributed by atoms with Crippen molar-refractivity contribution in [1.29, 1.82) is 5.26 Å².